The highest BCUT2D eigenvalue weighted by atomic mass is 35.5. The minimum Gasteiger partial charge on any atom is -0.443 e. The maximum absolute atomic E-state index is 12.4. The highest BCUT2D eigenvalue weighted by Gasteiger charge is 2.19. The lowest BCUT2D eigenvalue weighted by Crippen LogP contribution is -2.33. The molecule has 0 aliphatic carbocycles. The summed E-state index contributed by atoms with van der Waals surface area (Å²) in [5.41, 5.74) is 8.61. The van der Waals surface area contributed by atoms with Gasteiger partial charge in [0.05, 0.1) is 0 Å². The van der Waals surface area contributed by atoms with Crippen LogP contribution < -0.4 is 10.5 Å². The van der Waals surface area contributed by atoms with E-state index in [9.17, 15) is 8.42 Å². The number of furan rings is 1. The van der Waals surface area contributed by atoms with Crippen LogP contribution in [0, 0.1) is 0 Å². The van der Waals surface area contributed by atoms with Gasteiger partial charge in [0, 0.05) is 31.1 Å². The van der Waals surface area contributed by atoms with Gasteiger partial charge in [0.25, 0.3) is 10.0 Å². The lowest BCUT2D eigenvalue weighted by atomic mass is 10.1. The molecule has 0 saturated carbocycles. The molecular weight excluding hydrogens is 445 g/mol. The Morgan fingerprint density at radius 1 is 1.00 bits per heavy atom. The molecule has 0 radical (unpaired) electrons. The fourth-order valence-electron chi connectivity index (χ4n) is 3.04. The van der Waals surface area contributed by atoms with Gasteiger partial charge in [0.15, 0.2) is 0 Å². The molecule has 3 aromatic rings. The van der Waals surface area contributed by atoms with E-state index in [1.165, 1.54) is 5.56 Å². The molecule has 6 nitrogen and oxygen atoms in total. The number of para-hydroxylation sites is 1. The van der Waals surface area contributed by atoms with Crippen LogP contribution in [0.5, 0.6) is 0 Å². The van der Waals surface area contributed by atoms with Crippen molar-refractivity contribution in [2.75, 3.05) is 26.7 Å². The molecule has 30 heavy (non-hydrogen) atoms. The maximum atomic E-state index is 12.4. The summed E-state index contributed by atoms with van der Waals surface area (Å²) < 4.78 is 32.9. The largest absolute Gasteiger partial charge is 0.443 e. The lowest BCUT2D eigenvalue weighted by Gasteiger charge is -2.16. The molecule has 0 spiro atoms. The number of benzene rings is 2. The molecule has 0 amide bonds. The molecule has 1 heterocycles. The summed E-state index contributed by atoms with van der Waals surface area (Å²) in [5, 5.41) is 0.733. The van der Waals surface area contributed by atoms with Crippen LogP contribution in [0.2, 0.25) is 0 Å². The summed E-state index contributed by atoms with van der Waals surface area (Å²) >= 11 is 0. The Labute approximate surface area is 190 Å². The van der Waals surface area contributed by atoms with E-state index in [0.717, 1.165) is 30.3 Å². The van der Waals surface area contributed by atoms with Crippen LogP contribution >= 0.6 is 24.8 Å². The van der Waals surface area contributed by atoms with Gasteiger partial charge in [-0.15, -0.1) is 24.8 Å². The SMILES string of the molecule is CN(CCCc1ccc(CN)cc1)CCNS(=O)(=O)c1cc2ccccc2o1.Cl.Cl. The monoisotopic (exact) mass is 473 g/mol. The van der Waals surface area contributed by atoms with Gasteiger partial charge in [-0.1, -0.05) is 42.5 Å². The second-order valence-corrected chi connectivity index (χ2v) is 8.63. The second-order valence-electron chi connectivity index (χ2n) is 6.93. The number of hydrogen-bond donors (Lipinski definition) is 2. The van der Waals surface area contributed by atoms with E-state index in [-0.39, 0.29) is 29.9 Å². The third kappa shape index (κ3) is 7.27. The third-order valence-corrected chi connectivity index (χ3v) is 6.03. The second kappa shape index (κ2) is 12.3. The van der Waals surface area contributed by atoms with Crippen LogP contribution in [-0.4, -0.2) is 40.0 Å². The van der Waals surface area contributed by atoms with Gasteiger partial charge in [0.2, 0.25) is 5.09 Å². The van der Waals surface area contributed by atoms with Gasteiger partial charge >= 0.3 is 0 Å². The molecule has 0 saturated heterocycles. The van der Waals surface area contributed by atoms with Gasteiger partial charge < -0.3 is 15.1 Å². The molecule has 0 atom stereocenters. The predicted molar refractivity (Wildman–Crippen MR) is 126 cm³/mol. The van der Waals surface area contributed by atoms with Crippen molar-refractivity contribution < 1.29 is 12.8 Å². The third-order valence-electron chi connectivity index (χ3n) is 4.72. The topological polar surface area (TPSA) is 88.6 Å². The highest BCUT2D eigenvalue weighted by molar-refractivity contribution is 7.89. The zero-order valence-corrected chi connectivity index (χ0v) is 19.4. The number of halogens is 2. The quantitative estimate of drug-likeness (QED) is 0.469. The Bertz CT molecular complexity index is 975. The maximum Gasteiger partial charge on any atom is 0.274 e. The average Bonchev–Trinajstić information content (AvgIpc) is 3.14. The number of sulfonamides is 1. The molecule has 0 fully saturated rings. The Balaban J connectivity index is 0.00000225. The number of nitrogens with one attached hydrogen (secondary N) is 1. The molecule has 3 rings (SSSR count). The molecule has 0 bridgehead atoms. The summed E-state index contributed by atoms with van der Waals surface area (Å²) in [5.74, 6) is 0. The average molecular weight is 474 g/mol. The van der Waals surface area contributed by atoms with Crippen LogP contribution in [0.4, 0.5) is 0 Å². The Morgan fingerprint density at radius 3 is 2.33 bits per heavy atom. The normalized spacial score (nSPS) is 11.3. The first-order valence-corrected chi connectivity index (χ1v) is 10.9. The van der Waals surface area contributed by atoms with Crippen LogP contribution in [-0.2, 0) is 23.0 Å². The van der Waals surface area contributed by atoms with E-state index in [1.807, 2.05) is 25.2 Å². The number of fused-ring (bicyclic) bond motifs is 1. The summed E-state index contributed by atoms with van der Waals surface area (Å²) in [6.45, 7) is 2.42. The van der Waals surface area contributed by atoms with E-state index in [4.69, 9.17) is 10.2 Å². The lowest BCUT2D eigenvalue weighted by molar-refractivity contribution is 0.333. The molecule has 1 aromatic heterocycles. The smallest absolute Gasteiger partial charge is 0.274 e. The fraction of sp³-hybridized carbons (Fsp3) is 0.333. The first kappa shape index (κ1) is 26.4. The van der Waals surface area contributed by atoms with Crippen molar-refractivity contribution in [1.82, 2.24) is 9.62 Å². The zero-order valence-electron chi connectivity index (χ0n) is 16.9. The molecule has 9 heteroatoms. The number of aryl methyl sites for hydroxylation is 1. The van der Waals surface area contributed by atoms with Crippen molar-refractivity contribution in [3.05, 3.63) is 65.7 Å². The molecule has 166 valence electrons. The minimum absolute atomic E-state index is 0. The van der Waals surface area contributed by atoms with Crippen molar-refractivity contribution >= 4 is 45.8 Å². The van der Waals surface area contributed by atoms with Crippen molar-refractivity contribution in [3.63, 3.8) is 0 Å². The highest BCUT2D eigenvalue weighted by Crippen LogP contribution is 2.22. The van der Waals surface area contributed by atoms with Crippen molar-refractivity contribution in [3.8, 4) is 0 Å². The first-order chi connectivity index (χ1) is 13.5. The minimum atomic E-state index is -3.64. The van der Waals surface area contributed by atoms with E-state index < -0.39 is 10.0 Å². The van der Waals surface area contributed by atoms with Crippen molar-refractivity contribution in [1.29, 1.82) is 0 Å². The van der Waals surface area contributed by atoms with Crippen molar-refractivity contribution in [2.45, 2.75) is 24.5 Å². The fourth-order valence-corrected chi connectivity index (χ4v) is 4.02. The van der Waals surface area contributed by atoms with Crippen LogP contribution in [0.15, 0.2) is 64.1 Å². The number of nitrogens with zero attached hydrogens (tertiary/aromatic N) is 1. The molecular formula is C21H29Cl2N3O3S. The van der Waals surface area contributed by atoms with E-state index in [0.29, 0.717) is 25.2 Å². The number of likely N-dealkylation sites (N-methyl/N-ethyl adjacent to an activating group) is 1. The van der Waals surface area contributed by atoms with Crippen LogP contribution in [0.3, 0.4) is 0 Å². The first-order valence-electron chi connectivity index (χ1n) is 9.42. The zero-order chi connectivity index (χ0) is 20.0. The van der Waals surface area contributed by atoms with Gasteiger partial charge in [0.1, 0.15) is 5.58 Å². The van der Waals surface area contributed by atoms with Gasteiger partial charge in [-0.3, -0.25) is 0 Å². The molecule has 0 aliphatic rings. The summed E-state index contributed by atoms with van der Waals surface area (Å²) in [6, 6.07) is 17.2. The van der Waals surface area contributed by atoms with Gasteiger partial charge in [-0.2, -0.15) is 0 Å². The molecule has 2 aromatic carbocycles. The Kier molecular flexibility index (Phi) is 10.8. The molecule has 0 unspecified atom stereocenters. The van der Waals surface area contributed by atoms with E-state index in [2.05, 4.69) is 33.9 Å². The Hall–Kier alpha value is -1.61. The van der Waals surface area contributed by atoms with Gasteiger partial charge in [-0.25, -0.2) is 13.1 Å². The summed E-state index contributed by atoms with van der Waals surface area (Å²) in [4.78, 5) is 2.12. The van der Waals surface area contributed by atoms with Gasteiger partial charge in [-0.05, 0) is 43.6 Å². The standard InChI is InChI=1S/C21H27N3O3S.2ClH/c1-24(13-4-5-17-8-10-18(16-22)11-9-17)14-12-23-28(25,26)21-15-19-6-2-3-7-20(19)27-21;;/h2-3,6-11,15,23H,4-5,12-14,16,22H2,1H3;2*1H. The molecule has 0 aliphatic heterocycles. The van der Waals surface area contributed by atoms with Crippen LogP contribution in [0.1, 0.15) is 17.5 Å². The number of rotatable bonds is 10. The van der Waals surface area contributed by atoms with Crippen molar-refractivity contribution in [2.24, 2.45) is 5.73 Å². The molecule has 3 N–H and O–H groups in total. The van der Waals surface area contributed by atoms with E-state index in [1.54, 1.807) is 12.1 Å². The number of nitrogens with two attached hydrogens (primary N) is 1. The summed E-state index contributed by atoms with van der Waals surface area (Å²) in [6.07, 6.45) is 1.99. The predicted octanol–water partition coefficient (Wildman–Crippen LogP) is 3.58. The number of hydrogen-bond acceptors (Lipinski definition) is 5. The summed E-state index contributed by atoms with van der Waals surface area (Å²) in [7, 11) is -1.65. The Morgan fingerprint density at radius 2 is 1.67 bits per heavy atom. The van der Waals surface area contributed by atoms with E-state index >= 15 is 0 Å². The van der Waals surface area contributed by atoms with Crippen LogP contribution in [0.25, 0.3) is 11.0 Å².